The number of rotatable bonds is 8. The lowest BCUT2D eigenvalue weighted by Crippen LogP contribution is -2.32. The summed E-state index contributed by atoms with van der Waals surface area (Å²) in [6.07, 6.45) is 3.74. The average Bonchev–Trinajstić information content (AvgIpc) is 2.87. The van der Waals surface area contributed by atoms with Crippen LogP contribution in [0.15, 0.2) is 18.2 Å². The Hall–Kier alpha value is -2.17. The average molecular weight is 345 g/mol. The second-order valence-electron chi connectivity index (χ2n) is 7.27. The van der Waals surface area contributed by atoms with Crippen molar-refractivity contribution in [3.63, 3.8) is 0 Å². The van der Waals surface area contributed by atoms with Crippen molar-refractivity contribution in [2.75, 3.05) is 13.2 Å². The van der Waals surface area contributed by atoms with Crippen LogP contribution >= 0.6 is 0 Å². The molecule has 0 fully saturated rings. The molecule has 0 bridgehead atoms. The highest BCUT2D eigenvalue weighted by molar-refractivity contribution is 5.81. The van der Waals surface area contributed by atoms with E-state index in [0.29, 0.717) is 13.2 Å². The largest absolute Gasteiger partial charge is 0.494 e. The maximum atomic E-state index is 11.5. The fourth-order valence-electron chi connectivity index (χ4n) is 2.54. The van der Waals surface area contributed by atoms with E-state index in [1.807, 2.05) is 45.9 Å². The summed E-state index contributed by atoms with van der Waals surface area (Å²) in [6.45, 7) is 8.93. The molecule has 1 radical (unpaired) electrons. The van der Waals surface area contributed by atoms with Crippen molar-refractivity contribution in [3.8, 4) is 5.75 Å². The van der Waals surface area contributed by atoms with Gasteiger partial charge < -0.3 is 19.8 Å². The minimum atomic E-state index is -0.443. The molecule has 1 aromatic carbocycles. The van der Waals surface area contributed by atoms with Gasteiger partial charge in [-0.2, -0.15) is 0 Å². The number of unbranched alkanes of at least 4 members (excludes halogenated alkanes) is 3. The molecule has 0 aliphatic carbocycles. The lowest BCUT2D eigenvalue weighted by molar-refractivity contribution is 0.0527. The second kappa shape index (κ2) is 8.79. The third kappa shape index (κ3) is 7.08. The molecule has 0 atom stereocenters. The lowest BCUT2D eigenvalue weighted by atomic mass is 10.2. The highest BCUT2D eigenvalue weighted by atomic mass is 16.6. The molecule has 137 valence electrons. The van der Waals surface area contributed by atoms with E-state index in [0.717, 1.165) is 48.0 Å². The van der Waals surface area contributed by atoms with Crippen LogP contribution in [-0.2, 0) is 4.74 Å². The summed E-state index contributed by atoms with van der Waals surface area (Å²) in [4.78, 5) is 14.7. The van der Waals surface area contributed by atoms with Crippen molar-refractivity contribution < 1.29 is 14.3 Å². The summed E-state index contributed by atoms with van der Waals surface area (Å²) >= 11 is 0. The molecule has 0 unspecified atom stereocenters. The van der Waals surface area contributed by atoms with Crippen LogP contribution < -0.4 is 10.1 Å². The highest BCUT2D eigenvalue weighted by Gasteiger charge is 2.15. The Balaban J connectivity index is 1.53. The quantitative estimate of drug-likeness (QED) is 0.679. The van der Waals surface area contributed by atoms with Gasteiger partial charge in [0.25, 0.3) is 0 Å². The van der Waals surface area contributed by atoms with Crippen LogP contribution in [0.5, 0.6) is 5.75 Å². The standard InChI is InChI=1S/C20H29N2O3/c1-15-13-16-14-17(9-10-18(16)22-15)24-12-8-6-5-7-11-21-19(23)25-20(2,3)4/h9-10,14,22H,5-8,11-12H2,1-4H3,(H,21,23). The highest BCUT2D eigenvalue weighted by Crippen LogP contribution is 2.21. The number of aromatic amines is 1. The maximum Gasteiger partial charge on any atom is 0.407 e. The van der Waals surface area contributed by atoms with E-state index in [1.54, 1.807) is 0 Å². The molecule has 0 saturated heterocycles. The predicted octanol–water partition coefficient (Wildman–Crippen LogP) is 4.74. The van der Waals surface area contributed by atoms with Crippen molar-refractivity contribution in [1.29, 1.82) is 0 Å². The number of amides is 1. The minimum absolute atomic E-state index is 0.344. The molecule has 5 nitrogen and oxygen atoms in total. The van der Waals surface area contributed by atoms with Crippen LogP contribution in [0.4, 0.5) is 4.79 Å². The second-order valence-corrected chi connectivity index (χ2v) is 7.27. The van der Waals surface area contributed by atoms with Crippen LogP contribution in [0.1, 0.15) is 52.1 Å². The van der Waals surface area contributed by atoms with Gasteiger partial charge in [-0.1, -0.05) is 12.8 Å². The van der Waals surface area contributed by atoms with Gasteiger partial charge in [0.2, 0.25) is 0 Å². The number of fused-ring (bicyclic) bond motifs is 1. The summed E-state index contributed by atoms with van der Waals surface area (Å²) in [5, 5.41) is 3.83. The van der Waals surface area contributed by atoms with Crippen LogP contribution in [-0.4, -0.2) is 29.8 Å². The number of aromatic nitrogens is 1. The van der Waals surface area contributed by atoms with E-state index in [9.17, 15) is 4.79 Å². The number of nitrogens with one attached hydrogen (secondary N) is 2. The summed E-state index contributed by atoms with van der Waals surface area (Å²) < 4.78 is 11.0. The first-order valence-electron chi connectivity index (χ1n) is 8.95. The van der Waals surface area contributed by atoms with E-state index in [2.05, 4.69) is 16.4 Å². The first-order valence-corrected chi connectivity index (χ1v) is 8.95. The Morgan fingerprint density at radius 3 is 2.72 bits per heavy atom. The topological polar surface area (TPSA) is 63.4 Å². The van der Waals surface area contributed by atoms with Crippen molar-refractivity contribution in [2.24, 2.45) is 0 Å². The monoisotopic (exact) mass is 345 g/mol. The Bertz CT molecular complexity index is 686. The molecular formula is C20H29N2O3. The van der Waals surface area contributed by atoms with E-state index in [1.165, 1.54) is 0 Å². The Morgan fingerprint density at radius 1 is 1.20 bits per heavy atom. The molecule has 0 spiro atoms. The Kier molecular flexibility index (Phi) is 6.73. The first-order chi connectivity index (χ1) is 11.8. The van der Waals surface area contributed by atoms with E-state index in [4.69, 9.17) is 9.47 Å². The SMILES string of the molecule is Cc1[c]c2cc(OCCCCCCNC(=O)OC(C)(C)C)ccc2[nH]1. The van der Waals surface area contributed by atoms with Gasteiger partial charge in [-0.25, -0.2) is 4.79 Å². The maximum absolute atomic E-state index is 11.5. The van der Waals surface area contributed by atoms with Crippen molar-refractivity contribution >= 4 is 17.0 Å². The van der Waals surface area contributed by atoms with E-state index < -0.39 is 5.60 Å². The van der Waals surface area contributed by atoms with Gasteiger partial charge in [-0.05, 0) is 58.7 Å². The summed E-state index contributed by atoms with van der Waals surface area (Å²) in [5.41, 5.74) is 1.68. The molecule has 25 heavy (non-hydrogen) atoms. The number of hydrogen-bond acceptors (Lipinski definition) is 3. The summed E-state index contributed by atoms with van der Waals surface area (Å²) in [6, 6.07) is 9.29. The molecule has 0 saturated carbocycles. The van der Waals surface area contributed by atoms with Gasteiger partial charge in [-0.15, -0.1) is 0 Å². The number of aryl methyl sites for hydroxylation is 1. The van der Waals surface area contributed by atoms with Crippen LogP contribution in [0.2, 0.25) is 0 Å². The molecule has 5 heteroatoms. The molecule has 1 amide bonds. The summed E-state index contributed by atoms with van der Waals surface area (Å²) in [5.74, 6) is 0.884. The van der Waals surface area contributed by atoms with E-state index >= 15 is 0 Å². The van der Waals surface area contributed by atoms with Crippen LogP contribution in [0, 0.1) is 13.0 Å². The molecule has 2 N–H and O–H groups in total. The number of carbonyl (C=O) groups excluding carboxylic acids is 1. The number of benzene rings is 1. The fraction of sp³-hybridized carbons (Fsp3) is 0.550. The van der Waals surface area contributed by atoms with Crippen molar-refractivity contribution in [1.82, 2.24) is 10.3 Å². The van der Waals surface area contributed by atoms with Gasteiger partial charge >= 0.3 is 6.09 Å². The van der Waals surface area contributed by atoms with Gasteiger partial charge in [0.15, 0.2) is 0 Å². The van der Waals surface area contributed by atoms with Gasteiger partial charge in [-0.3, -0.25) is 0 Å². The molecule has 0 aliphatic rings. The lowest BCUT2D eigenvalue weighted by Gasteiger charge is -2.19. The number of H-pyrrole nitrogens is 1. The molecule has 0 aliphatic heterocycles. The molecule has 1 aromatic heterocycles. The van der Waals surface area contributed by atoms with Gasteiger partial charge in [0, 0.05) is 29.2 Å². The van der Waals surface area contributed by atoms with Crippen LogP contribution in [0.25, 0.3) is 10.9 Å². The van der Waals surface area contributed by atoms with Crippen molar-refractivity contribution in [3.05, 3.63) is 30.0 Å². The van der Waals surface area contributed by atoms with Gasteiger partial charge in [0.05, 0.1) is 6.61 Å². The molecule has 2 rings (SSSR count). The molecular weight excluding hydrogens is 316 g/mol. The first kappa shape index (κ1) is 19.2. The molecule has 2 aromatic rings. The third-order valence-electron chi connectivity index (χ3n) is 3.64. The number of carbonyl (C=O) groups is 1. The minimum Gasteiger partial charge on any atom is -0.494 e. The Morgan fingerprint density at radius 2 is 1.96 bits per heavy atom. The normalized spacial score (nSPS) is 11.5. The Labute approximate surface area is 150 Å². The zero-order valence-corrected chi connectivity index (χ0v) is 15.7. The van der Waals surface area contributed by atoms with Crippen LogP contribution in [0.3, 0.4) is 0 Å². The molecule has 1 heterocycles. The number of ether oxygens (including phenoxy) is 2. The predicted molar refractivity (Wildman–Crippen MR) is 100 cm³/mol. The fourth-order valence-corrected chi connectivity index (χ4v) is 2.54. The van der Waals surface area contributed by atoms with Crippen molar-refractivity contribution in [2.45, 2.75) is 59.0 Å². The van der Waals surface area contributed by atoms with Gasteiger partial charge in [0.1, 0.15) is 11.4 Å². The zero-order valence-electron chi connectivity index (χ0n) is 15.7. The third-order valence-corrected chi connectivity index (χ3v) is 3.64. The van der Waals surface area contributed by atoms with E-state index in [-0.39, 0.29) is 6.09 Å². The zero-order chi connectivity index (χ0) is 18.3. The number of alkyl carbamates (subject to hydrolysis) is 1. The smallest absolute Gasteiger partial charge is 0.407 e. The summed E-state index contributed by atoms with van der Waals surface area (Å²) in [7, 11) is 0. The number of hydrogen-bond donors (Lipinski definition) is 2.